The van der Waals surface area contributed by atoms with Crippen molar-refractivity contribution in [1.29, 1.82) is 0 Å². The van der Waals surface area contributed by atoms with Gasteiger partial charge in [0.05, 0.1) is 6.04 Å². The van der Waals surface area contributed by atoms with Crippen LogP contribution in [-0.2, 0) is 9.53 Å². The smallest absolute Gasteiger partial charge is 0.346 e. The zero-order chi connectivity index (χ0) is 17.7. The maximum atomic E-state index is 11.1. The van der Waals surface area contributed by atoms with E-state index in [-0.39, 0.29) is 38.0 Å². The molecular weight excluding hydrogens is 320 g/mol. The highest BCUT2D eigenvalue weighted by Gasteiger charge is 2.73. The topological polar surface area (TPSA) is 178 Å². The Bertz CT molecular complexity index is 620. The van der Waals surface area contributed by atoms with Crippen molar-refractivity contribution in [2.45, 2.75) is 49.3 Å². The summed E-state index contributed by atoms with van der Waals surface area (Å²) in [6.07, 6.45) is 0.235. The number of nitrogens with one attached hydrogen (secondary N) is 2. The number of carbonyl (C=O) groups is 1. The zero-order valence-electron chi connectivity index (χ0n) is 13.3. The monoisotopic (exact) mass is 343 g/mol. The van der Waals surface area contributed by atoms with E-state index in [4.69, 9.17) is 16.2 Å². The van der Waals surface area contributed by atoms with Crippen LogP contribution in [0.2, 0.25) is 0 Å². The predicted molar refractivity (Wildman–Crippen MR) is 81.6 cm³/mol. The highest BCUT2D eigenvalue weighted by molar-refractivity contribution is 5.83. The molecule has 0 bridgehead atoms. The first-order chi connectivity index (χ1) is 11.2. The third-order valence-corrected chi connectivity index (χ3v) is 4.80. The van der Waals surface area contributed by atoms with Gasteiger partial charge in [-0.2, -0.15) is 0 Å². The minimum Gasteiger partial charge on any atom is -0.462 e. The molecule has 0 aliphatic carbocycles. The Balaban J connectivity index is 2.05. The van der Waals surface area contributed by atoms with Gasteiger partial charge in [-0.3, -0.25) is 15.8 Å². The number of aliphatic hydroxyl groups excluding tert-OH is 1. The number of carbonyl (C=O) groups excluding carboxylic acids is 1. The van der Waals surface area contributed by atoms with Crippen molar-refractivity contribution in [2.75, 3.05) is 13.2 Å². The molecule has 3 heterocycles. The van der Waals surface area contributed by atoms with Gasteiger partial charge in [-0.05, 0) is 0 Å². The van der Waals surface area contributed by atoms with Crippen molar-refractivity contribution in [3.63, 3.8) is 0 Å². The summed E-state index contributed by atoms with van der Waals surface area (Å²) in [6.45, 7) is 1.08. The maximum Gasteiger partial charge on any atom is 0.346 e. The number of aliphatic hydroxyl groups is 3. The minimum atomic E-state index is -2.21. The number of aliphatic imine (C=N–C) groups is 1. The lowest BCUT2D eigenvalue weighted by molar-refractivity contribution is -0.649. The molecule has 0 aromatic rings. The standard InChI is InChI=1S/C13H22N6O5/c1-6(21)24-5-8-9-13(18-10(14)17-9)12(22,23)4-7(2-3-20)19(13)11(15)16-8/h7-9,20,22-23H,2-5H2,1H3,(H5,14,15,16,17,18)/p+1/t7-,8-,9-,13-/m0/s1. The molecule has 0 aromatic heterocycles. The van der Waals surface area contributed by atoms with E-state index in [1.54, 1.807) is 4.58 Å². The molecule has 3 rings (SSSR count). The number of guanidine groups is 2. The van der Waals surface area contributed by atoms with Gasteiger partial charge >= 0.3 is 11.9 Å². The first kappa shape index (κ1) is 16.7. The van der Waals surface area contributed by atoms with Crippen LogP contribution < -0.4 is 22.1 Å². The van der Waals surface area contributed by atoms with Crippen LogP contribution in [0.4, 0.5) is 0 Å². The van der Waals surface area contributed by atoms with Crippen molar-refractivity contribution in [2.24, 2.45) is 16.5 Å². The minimum absolute atomic E-state index is 0.0337. The van der Waals surface area contributed by atoms with Crippen LogP contribution in [0.25, 0.3) is 0 Å². The van der Waals surface area contributed by atoms with Gasteiger partial charge in [0.2, 0.25) is 11.4 Å². The molecule has 1 spiro atoms. The summed E-state index contributed by atoms with van der Waals surface area (Å²) in [5.41, 5.74) is 10.4. The fourth-order valence-corrected chi connectivity index (χ4v) is 3.97. The summed E-state index contributed by atoms with van der Waals surface area (Å²) in [5, 5.41) is 36.5. The fourth-order valence-electron chi connectivity index (χ4n) is 3.97. The first-order valence-corrected chi connectivity index (χ1v) is 7.71. The molecule has 9 N–H and O–H groups in total. The van der Waals surface area contributed by atoms with Gasteiger partial charge in [-0.15, -0.1) is 0 Å². The maximum absolute atomic E-state index is 11.1. The van der Waals surface area contributed by atoms with Crippen molar-refractivity contribution in [3.8, 4) is 0 Å². The van der Waals surface area contributed by atoms with E-state index in [1.165, 1.54) is 6.92 Å². The molecule has 1 saturated heterocycles. The van der Waals surface area contributed by atoms with Crippen molar-refractivity contribution >= 4 is 17.9 Å². The van der Waals surface area contributed by atoms with Crippen LogP contribution in [0, 0.1) is 0 Å². The van der Waals surface area contributed by atoms with Gasteiger partial charge in [-0.1, -0.05) is 0 Å². The summed E-state index contributed by atoms with van der Waals surface area (Å²) in [4.78, 5) is 15.4. The Morgan fingerprint density at radius 1 is 1.50 bits per heavy atom. The molecule has 0 amide bonds. The van der Waals surface area contributed by atoms with E-state index in [9.17, 15) is 20.1 Å². The molecule has 3 aliphatic heterocycles. The Kier molecular flexibility index (Phi) is 3.81. The van der Waals surface area contributed by atoms with Crippen LogP contribution in [-0.4, -0.2) is 80.6 Å². The molecule has 1 fully saturated rings. The number of nitrogens with two attached hydrogens (primary N) is 2. The summed E-state index contributed by atoms with van der Waals surface area (Å²) in [7, 11) is 0. The van der Waals surface area contributed by atoms with Gasteiger partial charge in [0.15, 0.2) is 12.0 Å². The number of ether oxygens (including phenoxy) is 1. The summed E-state index contributed by atoms with van der Waals surface area (Å²) < 4.78 is 6.60. The van der Waals surface area contributed by atoms with Gasteiger partial charge in [-0.25, -0.2) is 9.57 Å². The lowest BCUT2D eigenvalue weighted by Crippen LogP contribution is -2.78. The second kappa shape index (κ2) is 5.46. The molecule has 24 heavy (non-hydrogen) atoms. The molecule has 0 radical (unpaired) electrons. The second-order valence-corrected chi connectivity index (χ2v) is 6.35. The van der Waals surface area contributed by atoms with Crippen LogP contribution >= 0.6 is 0 Å². The Morgan fingerprint density at radius 3 is 2.83 bits per heavy atom. The fraction of sp³-hybridized carbons (Fsp3) is 0.769. The lowest BCUT2D eigenvalue weighted by atomic mass is 9.87. The molecule has 11 nitrogen and oxygen atoms in total. The first-order valence-electron chi connectivity index (χ1n) is 7.71. The third kappa shape index (κ3) is 2.19. The number of rotatable bonds is 4. The zero-order valence-corrected chi connectivity index (χ0v) is 13.3. The summed E-state index contributed by atoms with van der Waals surface area (Å²) >= 11 is 0. The molecule has 0 aromatic carbocycles. The van der Waals surface area contributed by atoms with E-state index < -0.39 is 35.5 Å². The highest BCUT2D eigenvalue weighted by Crippen LogP contribution is 2.44. The van der Waals surface area contributed by atoms with Gasteiger partial charge in [0.1, 0.15) is 12.6 Å². The van der Waals surface area contributed by atoms with E-state index in [0.29, 0.717) is 0 Å². The van der Waals surface area contributed by atoms with Crippen LogP contribution in [0.1, 0.15) is 19.8 Å². The Labute approximate surface area is 138 Å². The average Bonchev–Trinajstić information content (AvgIpc) is 2.92. The molecule has 3 aliphatic rings. The molecule has 134 valence electrons. The second-order valence-electron chi connectivity index (χ2n) is 6.35. The molecular formula is C13H23N6O5+. The quantitative estimate of drug-likeness (QED) is 0.151. The molecule has 11 heteroatoms. The van der Waals surface area contributed by atoms with Crippen LogP contribution in [0.5, 0.6) is 0 Å². The SMILES string of the molecule is CC(=O)OC[C@@H]1NC(N)=[N+]2[C@@H](CCO)CC(O)(O)[C@@]23NC(N)=N[C@@H]13. The molecule has 4 atom stereocenters. The predicted octanol–water partition coefficient (Wildman–Crippen LogP) is -4.33. The highest BCUT2D eigenvalue weighted by atomic mass is 16.5. The van der Waals surface area contributed by atoms with E-state index in [0.717, 1.165) is 0 Å². The van der Waals surface area contributed by atoms with E-state index >= 15 is 0 Å². The summed E-state index contributed by atoms with van der Waals surface area (Å²) in [5.74, 6) is -2.47. The third-order valence-electron chi connectivity index (χ3n) is 4.80. The normalized spacial score (nSPS) is 36.3. The average molecular weight is 343 g/mol. The molecule has 0 saturated carbocycles. The lowest BCUT2D eigenvalue weighted by Gasteiger charge is -2.43. The van der Waals surface area contributed by atoms with Crippen molar-refractivity contribution in [3.05, 3.63) is 0 Å². The number of nitrogens with zero attached hydrogens (tertiary/aromatic N) is 2. The van der Waals surface area contributed by atoms with Gasteiger partial charge < -0.3 is 31.1 Å². The van der Waals surface area contributed by atoms with E-state index in [1.807, 2.05) is 0 Å². The van der Waals surface area contributed by atoms with Crippen molar-refractivity contribution < 1.29 is 29.4 Å². The Hall–Kier alpha value is -2.11. The van der Waals surface area contributed by atoms with Gasteiger partial charge in [0, 0.05) is 26.4 Å². The van der Waals surface area contributed by atoms with Crippen molar-refractivity contribution in [1.82, 2.24) is 10.6 Å². The largest absolute Gasteiger partial charge is 0.462 e. The van der Waals surface area contributed by atoms with E-state index in [2.05, 4.69) is 15.6 Å². The van der Waals surface area contributed by atoms with Crippen LogP contribution in [0.3, 0.4) is 0 Å². The van der Waals surface area contributed by atoms with Gasteiger partial charge in [0.25, 0.3) is 0 Å². The number of esters is 1. The number of hydrogen-bond acceptors (Lipinski definition) is 10. The molecule has 0 unspecified atom stereocenters. The van der Waals surface area contributed by atoms with Crippen LogP contribution in [0.15, 0.2) is 4.99 Å². The summed E-state index contributed by atoms with van der Waals surface area (Å²) in [6, 6.07) is -1.78. The number of hydrogen-bond donors (Lipinski definition) is 7. The Morgan fingerprint density at radius 2 is 2.21 bits per heavy atom.